The van der Waals surface area contributed by atoms with Crippen molar-refractivity contribution in [2.45, 2.75) is 18.8 Å². The summed E-state index contributed by atoms with van der Waals surface area (Å²) in [5.74, 6) is -1.58. The molecule has 2 atom stereocenters. The Morgan fingerprint density at radius 3 is 2.68 bits per heavy atom. The Balaban J connectivity index is 2.39. The third-order valence-electron chi connectivity index (χ3n) is 2.51. The van der Waals surface area contributed by atoms with Gasteiger partial charge in [0.25, 0.3) is 5.56 Å². The minimum Gasteiger partial charge on any atom is -0.479 e. The monoisotopic (exact) mass is 270 g/mol. The first kappa shape index (κ1) is 13.0. The molecule has 2 rings (SSSR count). The molecule has 102 valence electrons. The molecule has 0 fully saturated rings. The van der Waals surface area contributed by atoms with Gasteiger partial charge in [-0.1, -0.05) is 0 Å². The molecular weight excluding hydrogens is 260 g/mol. The second kappa shape index (κ2) is 4.66. The second-order valence-corrected chi connectivity index (χ2v) is 3.85. The van der Waals surface area contributed by atoms with E-state index in [1.165, 1.54) is 4.57 Å². The number of imidazole rings is 1. The fraction of sp³-hybridized carbons (Fsp3) is 0.333. The highest BCUT2D eigenvalue weighted by atomic mass is 16.4. The van der Waals surface area contributed by atoms with E-state index >= 15 is 0 Å². The van der Waals surface area contributed by atoms with Crippen molar-refractivity contribution >= 4 is 17.1 Å². The van der Waals surface area contributed by atoms with E-state index < -0.39 is 29.4 Å². The van der Waals surface area contributed by atoms with E-state index in [4.69, 9.17) is 10.2 Å². The average molecular weight is 270 g/mol. The molecule has 0 aliphatic rings. The van der Waals surface area contributed by atoms with E-state index in [1.807, 2.05) is 4.98 Å². The maximum atomic E-state index is 11.4. The number of carboxylic acid groups (broad SMARTS) is 1. The number of aromatic nitrogens is 4. The van der Waals surface area contributed by atoms with Crippen molar-refractivity contribution in [3.05, 3.63) is 27.2 Å². The number of hydrogen-bond acceptors (Lipinski definition) is 6. The lowest BCUT2D eigenvalue weighted by Gasteiger charge is -2.14. The fourth-order valence-corrected chi connectivity index (χ4v) is 1.58. The van der Waals surface area contributed by atoms with Crippen LogP contribution in [0.15, 0.2) is 15.9 Å². The van der Waals surface area contributed by atoms with E-state index in [9.17, 15) is 19.5 Å². The molecule has 2 aromatic rings. The van der Waals surface area contributed by atoms with Gasteiger partial charge in [0, 0.05) is 0 Å². The topological polar surface area (TPSA) is 161 Å². The summed E-state index contributed by atoms with van der Waals surface area (Å²) in [6.45, 7) is -0.344. The molecule has 19 heavy (non-hydrogen) atoms. The Morgan fingerprint density at radius 1 is 1.37 bits per heavy atom. The zero-order valence-corrected chi connectivity index (χ0v) is 9.40. The van der Waals surface area contributed by atoms with Gasteiger partial charge in [-0.05, 0) is 0 Å². The van der Waals surface area contributed by atoms with Crippen molar-refractivity contribution in [2.75, 3.05) is 0 Å². The van der Waals surface area contributed by atoms with Gasteiger partial charge in [0.15, 0.2) is 11.6 Å². The summed E-state index contributed by atoms with van der Waals surface area (Å²) in [6, 6.07) is 0. The minimum absolute atomic E-state index is 0.0328. The number of carbonyl (C=O) groups is 1. The molecule has 0 aliphatic carbocycles. The minimum atomic E-state index is -1.98. The summed E-state index contributed by atoms with van der Waals surface area (Å²) in [4.78, 5) is 41.0. The van der Waals surface area contributed by atoms with Crippen molar-refractivity contribution < 1.29 is 20.1 Å². The zero-order chi connectivity index (χ0) is 14.2. The number of nitrogens with one attached hydrogen (secondary N) is 2. The largest absolute Gasteiger partial charge is 0.479 e. The third kappa shape index (κ3) is 2.39. The highest BCUT2D eigenvalue weighted by molar-refractivity contribution is 5.73. The molecule has 10 heteroatoms. The molecule has 0 aliphatic heterocycles. The molecule has 2 aromatic heterocycles. The molecule has 0 saturated carbocycles. The van der Waals surface area contributed by atoms with Gasteiger partial charge < -0.3 is 19.9 Å². The molecule has 0 amide bonds. The Kier molecular flexibility index (Phi) is 3.19. The molecule has 10 nitrogen and oxygen atoms in total. The Morgan fingerprint density at radius 2 is 2.05 bits per heavy atom. The van der Waals surface area contributed by atoms with Gasteiger partial charge >= 0.3 is 11.7 Å². The van der Waals surface area contributed by atoms with E-state index in [0.717, 1.165) is 6.33 Å². The number of nitrogens with zero attached hydrogens (tertiary/aromatic N) is 2. The standard InChI is InChI=1S/C9H10N4O6/c14-3(5(15)8(17)18)1-13-2-10-4-6(13)11-9(19)12-7(4)16/h2-3,5,14-15H,1H2,(H,17,18)(H2,11,12,16,19)/t3-,5-/m1/s1. The molecule has 0 bridgehead atoms. The molecule has 0 radical (unpaired) electrons. The molecule has 2 heterocycles. The molecular formula is C9H10N4O6. The third-order valence-corrected chi connectivity index (χ3v) is 2.51. The van der Waals surface area contributed by atoms with Crippen LogP contribution in [0.4, 0.5) is 0 Å². The Bertz CT molecular complexity index is 728. The van der Waals surface area contributed by atoms with Gasteiger partial charge in [-0.15, -0.1) is 0 Å². The van der Waals surface area contributed by atoms with Gasteiger partial charge in [0.05, 0.1) is 12.9 Å². The van der Waals surface area contributed by atoms with Crippen LogP contribution in [-0.4, -0.2) is 53.0 Å². The molecule has 0 spiro atoms. The highest BCUT2D eigenvalue weighted by Crippen LogP contribution is 2.06. The van der Waals surface area contributed by atoms with Crippen molar-refractivity contribution in [1.29, 1.82) is 0 Å². The zero-order valence-electron chi connectivity index (χ0n) is 9.40. The lowest BCUT2D eigenvalue weighted by atomic mass is 10.2. The predicted octanol–water partition coefficient (Wildman–Crippen LogP) is -2.78. The normalized spacial score (nSPS) is 14.4. The van der Waals surface area contributed by atoms with E-state index in [-0.39, 0.29) is 17.7 Å². The van der Waals surface area contributed by atoms with Crippen LogP contribution in [0.5, 0.6) is 0 Å². The second-order valence-electron chi connectivity index (χ2n) is 3.85. The van der Waals surface area contributed by atoms with Crippen LogP contribution < -0.4 is 11.2 Å². The number of rotatable bonds is 4. The first-order chi connectivity index (χ1) is 8.90. The van der Waals surface area contributed by atoms with Crippen LogP contribution in [0.1, 0.15) is 0 Å². The number of hydrogen-bond donors (Lipinski definition) is 5. The first-order valence-electron chi connectivity index (χ1n) is 5.16. The van der Waals surface area contributed by atoms with Crippen molar-refractivity contribution in [1.82, 2.24) is 19.5 Å². The first-order valence-corrected chi connectivity index (χ1v) is 5.16. The number of carboxylic acids is 1. The number of fused-ring (bicyclic) bond motifs is 1. The summed E-state index contributed by atoms with van der Waals surface area (Å²) >= 11 is 0. The van der Waals surface area contributed by atoms with Crippen LogP contribution in [0.2, 0.25) is 0 Å². The van der Waals surface area contributed by atoms with Crippen molar-refractivity contribution in [3.8, 4) is 0 Å². The van der Waals surface area contributed by atoms with Crippen LogP contribution in [-0.2, 0) is 11.3 Å². The molecule has 0 aromatic carbocycles. The SMILES string of the molecule is O=C(O)[C@H](O)[C@H](O)Cn1cnc2c(=O)[nH]c(=O)[nH]c21. The maximum Gasteiger partial charge on any atom is 0.335 e. The number of aromatic amines is 2. The van der Waals surface area contributed by atoms with Crippen molar-refractivity contribution in [2.24, 2.45) is 0 Å². The van der Waals surface area contributed by atoms with Crippen LogP contribution >= 0.6 is 0 Å². The summed E-state index contributed by atoms with van der Waals surface area (Å²) < 4.78 is 1.17. The van der Waals surface area contributed by atoms with Gasteiger partial charge in [-0.2, -0.15) is 0 Å². The molecule has 0 unspecified atom stereocenters. The Hall–Kier alpha value is -2.46. The lowest BCUT2D eigenvalue weighted by Crippen LogP contribution is -2.36. The van der Waals surface area contributed by atoms with E-state index in [2.05, 4.69) is 9.97 Å². The molecule has 5 N–H and O–H groups in total. The lowest BCUT2D eigenvalue weighted by molar-refractivity contribution is -0.153. The smallest absolute Gasteiger partial charge is 0.335 e. The average Bonchev–Trinajstić information content (AvgIpc) is 2.71. The summed E-state index contributed by atoms with van der Waals surface area (Å²) in [5, 5.41) is 27.2. The number of aliphatic hydroxyl groups is 2. The van der Waals surface area contributed by atoms with Crippen LogP contribution in [0.3, 0.4) is 0 Å². The maximum absolute atomic E-state index is 11.4. The highest BCUT2D eigenvalue weighted by Gasteiger charge is 2.24. The van der Waals surface area contributed by atoms with Crippen LogP contribution in [0.25, 0.3) is 11.2 Å². The quantitative estimate of drug-likeness (QED) is 0.401. The Labute approximate surface area is 104 Å². The van der Waals surface area contributed by atoms with E-state index in [0.29, 0.717) is 0 Å². The predicted molar refractivity (Wildman–Crippen MR) is 60.6 cm³/mol. The summed E-state index contributed by atoms with van der Waals surface area (Å²) in [6.07, 6.45) is -2.45. The van der Waals surface area contributed by atoms with Gasteiger partial charge in [0.1, 0.15) is 11.8 Å². The fourth-order valence-electron chi connectivity index (χ4n) is 1.58. The van der Waals surface area contributed by atoms with Gasteiger partial charge in [-0.25, -0.2) is 14.6 Å². The number of H-pyrrole nitrogens is 2. The van der Waals surface area contributed by atoms with Crippen molar-refractivity contribution in [3.63, 3.8) is 0 Å². The summed E-state index contributed by atoms with van der Waals surface area (Å²) in [7, 11) is 0. The molecule has 0 saturated heterocycles. The number of aliphatic carboxylic acids is 1. The van der Waals surface area contributed by atoms with E-state index in [1.54, 1.807) is 0 Å². The van der Waals surface area contributed by atoms with Crippen LogP contribution in [0, 0.1) is 0 Å². The van der Waals surface area contributed by atoms with Gasteiger partial charge in [0.2, 0.25) is 0 Å². The number of aliphatic hydroxyl groups excluding tert-OH is 2. The van der Waals surface area contributed by atoms with Gasteiger partial charge in [-0.3, -0.25) is 14.8 Å². The summed E-state index contributed by atoms with van der Waals surface area (Å²) in [5.41, 5.74) is -1.49.